The van der Waals surface area contributed by atoms with Gasteiger partial charge in [0.2, 0.25) is 0 Å². The first-order chi connectivity index (χ1) is 27.7. The molecule has 0 saturated carbocycles. The molecule has 0 fully saturated rings. The van der Waals surface area contributed by atoms with Crippen molar-refractivity contribution >= 4 is 32.6 Å². The zero-order valence-electron chi connectivity index (χ0n) is 30.9. The van der Waals surface area contributed by atoms with E-state index in [9.17, 15) is 0 Å². The summed E-state index contributed by atoms with van der Waals surface area (Å²) in [4.78, 5) is 0. The molecule has 3 aliphatic rings. The van der Waals surface area contributed by atoms with Crippen molar-refractivity contribution in [1.29, 1.82) is 0 Å². The molecule has 0 saturated heterocycles. The smallest absolute Gasteiger partial charge is 0.0720 e. The zero-order chi connectivity index (χ0) is 36.8. The summed E-state index contributed by atoms with van der Waals surface area (Å²) in [5, 5.41) is 5.08. The van der Waals surface area contributed by atoms with Crippen LogP contribution in [0.4, 0.5) is 0 Å². The van der Waals surface area contributed by atoms with E-state index < -0.39 is 10.8 Å². The summed E-state index contributed by atoms with van der Waals surface area (Å²) in [6.07, 6.45) is 0. The van der Waals surface area contributed by atoms with E-state index in [0.29, 0.717) is 0 Å². The van der Waals surface area contributed by atoms with Gasteiger partial charge in [0.15, 0.2) is 0 Å². The van der Waals surface area contributed by atoms with Crippen molar-refractivity contribution in [2.75, 3.05) is 0 Å². The molecule has 0 N–H and O–H groups in total. The Kier molecular flexibility index (Phi) is 5.76. The minimum absolute atomic E-state index is 0.451. The minimum Gasteiger partial charge on any atom is -0.309 e. The van der Waals surface area contributed by atoms with Gasteiger partial charge in [-0.15, -0.1) is 0 Å². The van der Waals surface area contributed by atoms with Crippen LogP contribution in [0.1, 0.15) is 50.1 Å². The Labute approximate surface area is 325 Å². The van der Waals surface area contributed by atoms with E-state index >= 15 is 0 Å². The van der Waals surface area contributed by atoms with Crippen molar-refractivity contribution in [3.05, 3.63) is 244 Å². The second kappa shape index (κ2) is 10.6. The Morgan fingerprint density at radius 1 is 0.339 bits per heavy atom. The van der Waals surface area contributed by atoms with Crippen molar-refractivity contribution in [2.24, 2.45) is 0 Å². The summed E-state index contributed by atoms with van der Waals surface area (Å²) in [5.41, 5.74) is 20.1. The SMILES string of the molecule is Cc1ccc(-n2c3cc4c(cc3c3ccc5ccccc5c32)C2(c3ccccc3-4)c3ccccc3C3(c4ccccc4-c4ccccc43)c3ccccc32)cc1. The standard InChI is InChI=1S/C55H35N/c1-34-26-29-36(30-27-34)56-52-33-42-40-18-6-9-21-46(40)55(51(42)32-43(52)41-31-28-35-14-2-3-15-37(35)53(41)56)49-24-12-10-22-47(49)54(48-23-11-13-25-50(48)55)44-19-7-4-16-38(44)39-17-5-8-20-45(39)54/h2-33H,1H3. The Balaban J connectivity index is 1.21. The highest BCUT2D eigenvalue weighted by Crippen LogP contribution is 2.67. The number of hydrogen-bond acceptors (Lipinski definition) is 0. The monoisotopic (exact) mass is 709 g/mol. The second-order valence-corrected chi connectivity index (χ2v) is 16.0. The highest BCUT2D eigenvalue weighted by Gasteiger charge is 2.58. The molecule has 1 heteroatoms. The van der Waals surface area contributed by atoms with Gasteiger partial charge in [0.05, 0.1) is 21.9 Å². The van der Waals surface area contributed by atoms with Gasteiger partial charge in [0.25, 0.3) is 0 Å². The summed E-state index contributed by atoms with van der Waals surface area (Å²) in [6.45, 7) is 2.17. The van der Waals surface area contributed by atoms with E-state index in [1.165, 1.54) is 111 Å². The van der Waals surface area contributed by atoms with Crippen LogP contribution in [0.25, 0.3) is 60.5 Å². The number of nitrogens with zero attached hydrogens (tertiary/aromatic N) is 1. The maximum atomic E-state index is 2.58. The number of aryl methyl sites for hydroxylation is 1. The fraction of sp³-hybridized carbons (Fsp3) is 0.0545. The van der Waals surface area contributed by atoms with E-state index in [-0.39, 0.29) is 0 Å². The van der Waals surface area contributed by atoms with Crippen LogP contribution in [-0.2, 0) is 10.8 Å². The average Bonchev–Trinajstić information content (AvgIpc) is 3.85. The largest absolute Gasteiger partial charge is 0.309 e. The van der Waals surface area contributed by atoms with Crippen LogP contribution < -0.4 is 0 Å². The third-order valence-electron chi connectivity index (χ3n) is 13.5. The van der Waals surface area contributed by atoms with Crippen molar-refractivity contribution < 1.29 is 0 Å². The molecule has 10 aromatic rings. The number of aromatic nitrogens is 1. The third-order valence-corrected chi connectivity index (χ3v) is 13.5. The Hall–Kier alpha value is -6.96. The van der Waals surface area contributed by atoms with Crippen molar-refractivity contribution in [2.45, 2.75) is 17.8 Å². The Morgan fingerprint density at radius 2 is 0.804 bits per heavy atom. The number of benzene rings is 9. The molecule has 0 amide bonds. The van der Waals surface area contributed by atoms with E-state index in [1.54, 1.807) is 0 Å². The summed E-state index contributed by atoms with van der Waals surface area (Å²) in [6, 6.07) is 73.9. The first kappa shape index (κ1) is 30.4. The fourth-order valence-corrected chi connectivity index (χ4v) is 11.5. The maximum Gasteiger partial charge on any atom is 0.0720 e. The number of rotatable bonds is 1. The molecular weight excluding hydrogens is 675 g/mol. The van der Waals surface area contributed by atoms with Crippen LogP contribution >= 0.6 is 0 Å². The van der Waals surface area contributed by atoms with Gasteiger partial charge in [-0.1, -0.05) is 175 Å². The molecule has 2 spiro atoms. The summed E-state index contributed by atoms with van der Waals surface area (Å²) >= 11 is 0. The van der Waals surface area contributed by atoms with Crippen LogP contribution in [0.3, 0.4) is 0 Å². The van der Waals surface area contributed by atoms with E-state index in [4.69, 9.17) is 0 Å². The summed E-state index contributed by atoms with van der Waals surface area (Å²) in [5.74, 6) is 0. The third kappa shape index (κ3) is 3.45. The summed E-state index contributed by atoms with van der Waals surface area (Å²) < 4.78 is 2.52. The highest BCUT2D eigenvalue weighted by atomic mass is 15.0. The van der Waals surface area contributed by atoms with Gasteiger partial charge in [-0.3, -0.25) is 0 Å². The molecule has 1 aromatic heterocycles. The van der Waals surface area contributed by atoms with E-state index in [0.717, 1.165) is 0 Å². The van der Waals surface area contributed by atoms with Crippen LogP contribution in [0.2, 0.25) is 0 Å². The molecule has 1 nitrogen and oxygen atoms in total. The van der Waals surface area contributed by atoms with Gasteiger partial charge >= 0.3 is 0 Å². The topological polar surface area (TPSA) is 4.93 Å². The van der Waals surface area contributed by atoms with Crippen molar-refractivity contribution in [3.63, 3.8) is 0 Å². The van der Waals surface area contributed by atoms with Gasteiger partial charge in [0, 0.05) is 21.8 Å². The Bertz CT molecular complexity index is 3230. The van der Waals surface area contributed by atoms with Crippen LogP contribution in [0, 0.1) is 6.92 Å². The molecule has 0 unspecified atom stereocenters. The average molecular weight is 710 g/mol. The van der Waals surface area contributed by atoms with Crippen LogP contribution in [0.15, 0.2) is 194 Å². The van der Waals surface area contributed by atoms with Gasteiger partial charge in [-0.05, 0) is 103 Å². The van der Waals surface area contributed by atoms with Gasteiger partial charge in [0.1, 0.15) is 0 Å². The normalized spacial score (nSPS) is 14.8. The Morgan fingerprint density at radius 3 is 1.38 bits per heavy atom. The zero-order valence-corrected chi connectivity index (χ0v) is 30.9. The molecule has 1 heterocycles. The molecule has 0 aliphatic heterocycles. The predicted molar refractivity (Wildman–Crippen MR) is 231 cm³/mol. The lowest BCUT2D eigenvalue weighted by atomic mass is 9.52. The molecule has 9 aromatic carbocycles. The van der Waals surface area contributed by atoms with Gasteiger partial charge < -0.3 is 4.57 Å². The van der Waals surface area contributed by atoms with Gasteiger partial charge in [-0.25, -0.2) is 0 Å². The minimum atomic E-state index is -0.528. The number of hydrogen-bond donors (Lipinski definition) is 0. The molecule has 0 radical (unpaired) electrons. The van der Waals surface area contributed by atoms with E-state index in [1.807, 2.05) is 0 Å². The maximum absolute atomic E-state index is 2.58. The lowest BCUT2D eigenvalue weighted by Crippen LogP contribution is -2.43. The van der Waals surface area contributed by atoms with Crippen molar-refractivity contribution in [3.8, 4) is 27.9 Å². The van der Waals surface area contributed by atoms with E-state index in [2.05, 4.69) is 206 Å². The predicted octanol–water partition coefficient (Wildman–Crippen LogP) is 13.3. The molecular formula is C55H35N. The van der Waals surface area contributed by atoms with Crippen molar-refractivity contribution in [1.82, 2.24) is 4.57 Å². The molecule has 56 heavy (non-hydrogen) atoms. The first-order valence-electron chi connectivity index (χ1n) is 19.8. The first-order valence-corrected chi connectivity index (χ1v) is 19.8. The quantitative estimate of drug-likeness (QED) is 0.160. The molecule has 13 rings (SSSR count). The summed E-state index contributed by atoms with van der Waals surface area (Å²) in [7, 11) is 0. The lowest BCUT2D eigenvalue weighted by Gasteiger charge is -2.48. The second-order valence-electron chi connectivity index (χ2n) is 16.0. The molecule has 3 aliphatic carbocycles. The number of fused-ring (bicyclic) bond motifs is 21. The lowest BCUT2D eigenvalue weighted by molar-refractivity contribution is 0.633. The fourth-order valence-electron chi connectivity index (χ4n) is 11.5. The van der Waals surface area contributed by atoms with Crippen LogP contribution in [0.5, 0.6) is 0 Å². The highest BCUT2D eigenvalue weighted by molar-refractivity contribution is 6.20. The van der Waals surface area contributed by atoms with Crippen LogP contribution in [-0.4, -0.2) is 4.57 Å². The van der Waals surface area contributed by atoms with Gasteiger partial charge in [-0.2, -0.15) is 0 Å². The molecule has 260 valence electrons. The molecule has 0 bridgehead atoms. The molecule has 0 atom stereocenters.